The van der Waals surface area contributed by atoms with E-state index in [4.69, 9.17) is 5.73 Å². The van der Waals surface area contributed by atoms with Crippen LogP contribution < -0.4 is 11.1 Å². The van der Waals surface area contributed by atoms with Gasteiger partial charge in [-0.05, 0) is 19.6 Å². The monoisotopic (exact) mass is 187 g/mol. The fraction of sp³-hybridized carbons (Fsp3) is 0.889. The number of nitrogens with two attached hydrogens (primary N) is 1. The lowest BCUT2D eigenvalue weighted by molar-refractivity contribution is -0.120. The SMILES string of the molecule is CCNC(CN(CC)CC)C(N)=O. The average Bonchev–Trinajstić information content (AvgIpc) is 2.11. The van der Waals surface area contributed by atoms with E-state index in [1.54, 1.807) is 0 Å². The van der Waals surface area contributed by atoms with Crippen LogP contribution in [0.5, 0.6) is 0 Å². The van der Waals surface area contributed by atoms with Gasteiger partial charge in [0.05, 0.1) is 6.04 Å². The zero-order valence-corrected chi connectivity index (χ0v) is 8.84. The van der Waals surface area contributed by atoms with Crippen LogP contribution in [0.15, 0.2) is 0 Å². The van der Waals surface area contributed by atoms with Crippen LogP contribution in [-0.2, 0) is 4.79 Å². The lowest BCUT2D eigenvalue weighted by Gasteiger charge is -2.23. The number of likely N-dealkylation sites (N-methyl/N-ethyl adjacent to an activating group) is 2. The molecule has 0 aliphatic rings. The van der Waals surface area contributed by atoms with Crippen molar-refractivity contribution in [3.63, 3.8) is 0 Å². The molecule has 4 nitrogen and oxygen atoms in total. The molecular weight excluding hydrogens is 166 g/mol. The Bertz CT molecular complexity index is 146. The molecule has 13 heavy (non-hydrogen) atoms. The van der Waals surface area contributed by atoms with Gasteiger partial charge < -0.3 is 16.0 Å². The number of nitrogens with zero attached hydrogens (tertiary/aromatic N) is 1. The highest BCUT2D eigenvalue weighted by molar-refractivity contribution is 5.80. The lowest BCUT2D eigenvalue weighted by Crippen LogP contribution is -2.49. The molecule has 1 atom stereocenters. The van der Waals surface area contributed by atoms with Crippen molar-refractivity contribution in [2.24, 2.45) is 5.73 Å². The number of hydrogen-bond acceptors (Lipinski definition) is 3. The smallest absolute Gasteiger partial charge is 0.235 e. The molecule has 0 spiro atoms. The van der Waals surface area contributed by atoms with Gasteiger partial charge >= 0.3 is 0 Å². The molecule has 0 aliphatic heterocycles. The van der Waals surface area contributed by atoms with Crippen LogP contribution in [0.2, 0.25) is 0 Å². The molecule has 0 fully saturated rings. The van der Waals surface area contributed by atoms with Crippen LogP contribution in [0.4, 0.5) is 0 Å². The minimum absolute atomic E-state index is 0.218. The first-order valence-corrected chi connectivity index (χ1v) is 4.90. The second-order valence-corrected chi connectivity index (χ2v) is 3.00. The van der Waals surface area contributed by atoms with Crippen molar-refractivity contribution in [2.75, 3.05) is 26.2 Å². The molecular formula is C9H21N3O. The molecule has 0 heterocycles. The number of nitrogens with one attached hydrogen (secondary N) is 1. The highest BCUT2D eigenvalue weighted by Crippen LogP contribution is 1.91. The van der Waals surface area contributed by atoms with Gasteiger partial charge in [0.25, 0.3) is 0 Å². The van der Waals surface area contributed by atoms with E-state index in [9.17, 15) is 4.79 Å². The molecule has 1 unspecified atom stereocenters. The van der Waals surface area contributed by atoms with Crippen LogP contribution in [-0.4, -0.2) is 43.0 Å². The third-order valence-corrected chi connectivity index (χ3v) is 2.13. The summed E-state index contributed by atoms with van der Waals surface area (Å²) in [7, 11) is 0. The Morgan fingerprint density at radius 2 is 1.92 bits per heavy atom. The zero-order valence-electron chi connectivity index (χ0n) is 8.84. The highest BCUT2D eigenvalue weighted by Gasteiger charge is 2.15. The second kappa shape index (κ2) is 6.86. The Kier molecular flexibility index (Phi) is 6.54. The van der Waals surface area contributed by atoms with E-state index in [2.05, 4.69) is 24.1 Å². The fourth-order valence-corrected chi connectivity index (χ4v) is 1.24. The van der Waals surface area contributed by atoms with E-state index in [-0.39, 0.29) is 11.9 Å². The van der Waals surface area contributed by atoms with Gasteiger partial charge in [-0.1, -0.05) is 20.8 Å². The maximum atomic E-state index is 11.0. The van der Waals surface area contributed by atoms with Crippen LogP contribution >= 0.6 is 0 Å². The minimum atomic E-state index is -0.270. The number of rotatable bonds is 7. The summed E-state index contributed by atoms with van der Waals surface area (Å²) in [5.41, 5.74) is 5.25. The molecule has 0 saturated heterocycles. The molecule has 78 valence electrons. The largest absolute Gasteiger partial charge is 0.368 e. The van der Waals surface area contributed by atoms with Gasteiger partial charge in [0.15, 0.2) is 0 Å². The van der Waals surface area contributed by atoms with E-state index >= 15 is 0 Å². The Hall–Kier alpha value is -0.610. The predicted octanol–water partition coefficient (Wildman–Crippen LogP) is -0.208. The standard InChI is InChI=1S/C9H21N3O/c1-4-11-8(9(10)13)7-12(5-2)6-3/h8,11H,4-7H2,1-3H3,(H2,10,13). The van der Waals surface area contributed by atoms with Crippen molar-refractivity contribution in [1.29, 1.82) is 0 Å². The van der Waals surface area contributed by atoms with Gasteiger partial charge in [0, 0.05) is 6.54 Å². The van der Waals surface area contributed by atoms with Gasteiger partial charge in [0.2, 0.25) is 5.91 Å². The average molecular weight is 187 g/mol. The van der Waals surface area contributed by atoms with Gasteiger partial charge in [0.1, 0.15) is 0 Å². The first kappa shape index (κ1) is 12.4. The molecule has 0 aromatic carbocycles. The Balaban J connectivity index is 3.99. The zero-order chi connectivity index (χ0) is 10.3. The normalized spacial score (nSPS) is 13.2. The van der Waals surface area contributed by atoms with Crippen LogP contribution in [0.1, 0.15) is 20.8 Å². The molecule has 4 heteroatoms. The quantitative estimate of drug-likeness (QED) is 0.580. The number of carbonyl (C=O) groups excluding carboxylic acids is 1. The summed E-state index contributed by atoms with van der Waals surface area (Å²) in [4.78, 5) is 13.2. The summed E-state index contributed by atoms with van der Waals surface area (Å²) in [6.45, 7) is 9.50. The summed E-state index contributed by atoms with van der Waals surface area (Å²) < 4.78 is 0. The molecule has 0 aromatic heterocycles. The van der Waals surface area contributed by atoms with Crippen LogP contribution in [0.3, 0.4) is 0 Å². The van der Waals surface area contributed by atoms with Crippen molar-refractivity contribution in [2.45, 2.75) is 26.8 Å². The van der Waals surface area contributed by atoms with Gasteiger partial charge in [-0.25, -0.2) is 0 Å². The Labute approximate surface area is 80.5 Å². The minimum Gasteiger partial charge on any atom is -0.368 e. The molecule has 0 aromatic rings. The summed E-state index contributed by atoms with van der Waals surface area (Å²) >= 11 is 0. The van der Waals surface area contributed by atoms with Crippen LogP contribution in [0.25, 0.3) is 0 Å². The number of primary amides is 1. The van der Waals surface area contributed by atoms with Crippen molar-refractivity contribution < 1.29 is 4.79 Å². The topological polar surface area (TPSA) is 58.4 Å². The van der Waals surface area contributed by atoms with Gasteiger partial charge in [-0.15, -0.1) is 0 Å². The lowest BCUT2D eigenvalue weighted by atomic mass is 10.2. The summed E-state index contributed by atoms with van der Waals surface area (Å²) in [5, 5.41) is 3.06. The third-order valence-electron chi connectivity index (χ3n) is 2.13. The molecule has 1 amide bonds. The predicted molar refractivity (Wildman–Crippen MR) is 54.4 cm³/mol. The van der Waals surface area contributed by atoms with Crippen LogP contribution in [0, 0.1) is 0 Å². The van der Waals surface area contributed by atoms with Crippen molar-refractivity contribution >= 4 is 5.91 Å². The summed E-state index contributed by atoms with van der Waals surface area (Å²) in [6.07, 6.45) is 0. The molecule has 0 bridgehead atoms. The van der Waals surface area contributed by atoms with Crippen molar-refractivity contribution in [3.8, 4) is 0 Å². The van der Waals surface area contributed by atoms with E-state index in [1.165, 1.54) is 0 Å². The molecule has 0 rings (SSSR count). The van der Waals surface area contributed by atoms with E-state index in [0.29, 0.717) is 6.54 Å². The Morgan fingerprint density at radius 3 is 2.23 bits per heavy atom. The first-order chi connectivity index (χ1) is 6.15. The summed E-state index contributed by atoms with van der Waals surface area (Å²) in [6, 6.07) is -0.218. The number of hydrogen-bond donors (Lipinski definition) is 2. The van der Waals surface area contributed by atoms with Crippen molar-refractivity contribution in [3.05, 3.63) is 0 Å². The van der Waals surface area contributed by atoms with Crippen molar-refractivity contribution in [1.82, 2.24) is 10.2 Å². The second-order valence-electron chi connectivity index (χ2n) is 3.00. The Morgan fingerprint density at radius 1 is 1.38 bits per heavy atom. The number of amides is 1. The number of carbonyl (C=O) groups is 1. The highest BCUT2D eigenvalue weighted by atomic mass is 16.1. The van der Waals surface area contributed by atoms with Gasteiger partial charge in [-0.2, -0.15) is 0 Å². The fourth-order valence-electron chi connectivity index (χ4n) is 1.24. The third kappa shape index (κ3) is 4.85. The molecule has 0 aliphatic carbocycles. The molecule has 0 radical (unpaired) electrons. The maximum absolute atomic E-state index is 11.0. The van der Waals surface area contributed by atoms with E-state index < -0.39 is 0 Å². The van der Waals surface area contributed by atoms with E-state index in [1.807, 2.05) is 6.92 Å². The summed E-state index contributed by atoms with van der Waals surface area (Å²) in [5.74, 6) is -0.270. The maximum Gasteiger partial charge on any atom is 0.235 e. The molecule has 3 N–H and O–H groups in total. The molecule has 0 saturated carbocycles. The van der Waals surface area contributed by atoms with Gasteiger partial charge in [-0.3, -0.25) is 4.79 Å². The first-order valence-electron chi connectivity index (χ1n) is 4.90. The van der Waals surface area contributed by atoms with E-state index in [0.717, 1.165) is 19.6 Å².